The van der Waals surface area contributed by atoms with E-state index in [1.165, 1.54) is 11.8 Å². The van der Waals surface area contributed by atoms with E-state index >= 15 is 0 Å². The largest absolute Gasteiger partial charge is 0.497 e. The van der Waals surface area contributed by atoms with Crippen LogP contribution in [0.1, 0.15) is 24.6 Å². The van der Waals surface area contributed by atoms with Crippen molar-refractivity contribution in [3.63, 3.8) is 0 Å². The minimum absolute atomic E-state index is 0.0481. The van der Waals surface area contributed by atoms with Crippen LogP contribution in [0.15, 0.2) is 23.1 Å². The summed E-state index contributed by atoms with van der Waals surface area (Å²) >= 11 is 1.36. The summed E-state index contributed by atoms with van der Waals surface area (Å²) in [4.78, 5) is 16.6. The van der Waals surface area contributed by atoms with E-state index in [1.807, 2.05) is 25.1 Å². The monoisotopic (exact) mass is 305 g/mol. The second kappa shape index (κ2) is 6.80. The second-order valence-corrected chi connectivity index (χ2v) is 5.81. The van der Waals surface area contributed by atoms with Gasteiger partial charge in [-0.3, -0.25) is 9.78 Å². The summed E-state index contributed by atoms with van der Waals surface area (Å²) in [5.74, 6) is -0.00678. The number of carboxylic acids is 1. The molecule has 0 saturated heterocycles. The molecule has 5 heteroatoms. The molecule has 4 nitrogen and oxygen atoms in total. The molecule has 0 saturated carbocycles. The summed E-state index contributed by atoms with van der Waals surface area (Å²) < 4.78 is 5.28. The van der Waals surface area contributed by atoms with Crippen LogP contribution in [0.5, 0.6) is 5.75 Å². The van der Waals surface area contributed by atoms with Crippen LogP contribution >= 0.6 is 11.8 Å². The fourth-order valence-corrected chi connectivity index (χ4v) is 3.35. The van der Waals surface area contributed by atoms with Gasteiger partial charge >= 0.3 is 5.97 Å². The Morgan fingerprint density at radius 2 is 2.19 bits per heavy atom. The molecule has 1 heterocycles. The van der Waals surface area contributed by atoms with Crippen molar-refractivity contribution in [3.8, 4) is 5.75 Å². The number of carboxylic acid groups (broad SMARTS) is 1. The van der Waals surface area contributed by atoms with Gasteiger partial charge in [0.15, 0.2) is 0 Å². The maximum atomic E-state index is 10.9. The lowest BCUT2D eigenvalue weighted by molar-refractivity contribution is -0.133. The number of aliphatic carboxylic acids is 1. The van der Waals surface area contributed by atoms with Crippen molar-refractivity contribution in [2.75, 3.05) is 12.9 Å². The molecular weight excluding hydrogens is 286 g/mol. The fourth-order valence-electron chi connectivity index (χ4n) is 2.34. The molecule has 1 N–H and O–H groups in total. The topological polar surface area (TPSA) is 59.4 Å². The summed E-state index contributed by atoms with van der Waals surface area (Å²) in [5.41, 5.74) is 2.99. The number of fused-ring (bicyclic) bond motifs is 1. The van der Waals surface area contributed by atoms with Crippen LogP contribution in [0, 0.1) is 6.92 Å². The normalized spacial score (nSPS) is 10.8. The van der Waals surface area contributed by atoms with Crippen molar-refractivity contribution in [1.29, 1.82) is 0 Å². The molecule has 21 heavy (non-hydrogen) atoms. The number of benzene rings is 1. The number of hydrogen-bond donors (Lipinski definition) is 1. The van der Waals surface area contributed by atoms with E-state index in [0.717, 1.165) is 45.6 Å². The smallest absolute Gasteiger partial charge is 0.313 e. The number of aromatic nitrogens is 1. The molecule has 1 aromatic carbocycles. The predicted molar refractivity (Wildman–Crippen MR) is 85.4 cm³/mol. The molecule has 112 valence electrons. The van der Waals surface area contributed by atoms with E-state index in [2.05, 4.69) is 11.9 Å². The van der Waals surface area contributed by atoms with Crippen molar-refractivity contribution in [2.45, 2.75) is 31.6 Å². The van der Waals surface area contributed by atoms with E-state index in [1.54, 1.807) is 7.11 Å². The molecule has 2 rings (SSSR count). The minimum Gasteiger partial charge on any atom is -0.497 e. The average molecular weight is 305 g/mol. The molecule has 0 fully saturated rings. The van der Waals surface area contributed by atoms with Gasteiger partial charge in [0.1, 0.15) is 5.75 Å². The van der Waals surface area contributed by atoms with Crippen molar-refractivity contribution in [2.24, 2.45) is 0 Å². The van der Waals surface area contributed by atoms with Gasteiger partial charge in [-0.1, -0.05) is 13.3 Å². The van der Waals surface area contributed by atoms with Crippen molar-refractivity contribution in [1.82, 2.24) is 4.98 Å². The number of carbonyl (C=O) groups is 1. The minimum atomic E-state index is -0.812. The van der Waals surface area contributed by atoms with Gasteiger partial charge in [0.05, 0.1) is 18.4 Å². The first kappa shape index (κ1) is 15.6. The third kappa shape index (κ3) is 3.47. The van der Waals surface area contributed by atoms with Crippen LogP contribution in [0.4, 0.5) is 0 Å². The Hall–Kier alpha value is -1.75. The third-order valence-electron chi connectivity index (χ3n) is 3.29. The molecule has 0 radical (unpaired) electrons. The zero-order valence-electron chi connectivity index (χ0n) is 12.5. The molecule has 0 spiro atoms. The molecule has 0 bridgehead atoms. The van der Waals surface area contributed by atoms with Gasteiger partial charge in [0.25, 0.3) is 0 Å². The Morgan fingerprint density at radius 1 is 1.43 bits per heavy atom. The Balaban J connectivity index is 2.64. The fraction of sp³-hybridized carbons (Fsp3) is 0.375. The first-order chi connectivity index (χ1) is 10.1. The van der Waals surface area contributed by atoms with Crippen molar-refractivity contribution >= 4 is 28.6 Å². The highest BCUT2D eigenvalue weighted by atomic mass is 32.2. The molecule has 2 aromatic rings. The van der Waals surface area contributed by atoms with E-state index in [9.17, 15) is 4.79 Å². The zero-order valence-corrected chi connectivity index (χ0v) is 13.3. The van der Waals surface area contributed by atoms with E-state index < -0.39 is 5.97 Å². The Bertz CT molecular complexity index is 670. The van der Waals surface area contributed by atoms with Crippen LogP contribution in [0.25, 0.3) is 10.9 Å². The number of nitrogens with zero attached hydrogens (tertiary/aromatic N) is 1. The molecule has 0 atom stereocenters. The van der Waals surface area contributed by atoms with Crippen molar-refractivity contribution < 1.29 is 14.6 Å². The SMILES string of the molecule is CCCc1c(C)nc2ccc(OC)cc2c1SCC(=O)O. The van der Waals surface area contributed by atoms with E-state index in [-0.39, 0.29) is 5.75 Å². The Labute approximate surface area is 128 Å². The highest BCUT2D eigenvalue weighted by molar-refractivity contribution is 8.00. The summed E-state index contributed by atoms with van der Waals surface area (Å²) in [6.45, 7) is 4.10. The number of ether oxygens (including phenoxy) is 1. The standard InChI is InChI=1S/C16H19NO3S/c1-4-5-12-10(2)17-14-7-6-11(20-3)8-13(14)16(12)21-9-15(18)19/h6-8H,4-5,9H2,1-3H3,(H,18,19). The second-order valence-electron chi connectivity index (χ2n) is 4.82. The number of thioether (sulfide) groups is 1. The first-order valence-electron chi connectivity index (χ1n) is 6.88. The third-order valence-corrected chi connectivity index (χ3v) is 4.43. The summed E-state index contributed by atoms with van der Waals surface area (Å²) in [6, 6.07) is 5.73. The molecule has 0 aliphatic heterocycles. The molecule has 0 aliphatic carbocycles. The number of rotatable bonds is 6. The quantitative estimate of drug-likeness (QED) is 0.825. The van der Waals surface area contributed by atoms with Gasteiger partial charge in [-0.05, 0) is 37.1 Å². The van der Waals surface area contributed by atoms with Gasteiger partial charge in [0, 0.05) is 16.0 Å². The lowest BCUT2D eigenvalue weighted by atomic mass is 10.1. The molecular formula is C16H19NO3S. The zero-order chi connectivity index (χ0) is 15.4. The molecule has 1 aromatic heterocycles. The Morgan fingerprint density at radius 3 is 2.81 bits per heavy atom. The first-order valence-corrected chi connectivity index (χ1v) is 7.87. The van der Waals surface area contributed by atoms with Crippen LogP contribution in [0.3, 0.4) is 0 Å². The van der Waals surface area contributed by atoms with Gasteiger partial charge in [-0.25, -0.2) is 0 Å². The highest BCUT2D eigenvalue weighted by Gasteiger charge is 2.14. The Kier molecular flexibility index (Phi) is 5.07. The molecule has 0 aliphatic rings. The van der Waals surface area contributed by atoms with Gasteiger partial charge in [0.2, 0.25) is 0 Å². The van der Waals surface area contributed by atoms with Crippen LogP contribution in [-0.2, 0) is 11.2 Å². The molecule has 0 unspecified atom stereocenters. The number of methoxy groups -OCH3 is 1. The number of hydrogen-bond acceptors (Lipinski definition) is 4. The summed E-state index contributed by atoms with van der Waals surface area (Å²) in [7, 11) is 1.62. The van der Waals surface area contributed by atoms with Gasteiger partial charge < -0.3 is 9.84 Å². The highest BCUT2D eigenvalue weighted by Crippen LogP contribution is 2.34. The number of pyridine rings is 1. The average Bonchev–Trinajstić information content (AvgIpc) is 2.46. The lowest BCUT2D eigenvalue weighted by Crippen LogP contribution is -2.02. The van der Waals surface area contributed by atoms with Crippen LogP contribution < -0.4 is 4.74 Å². The maximum Gasteiger partial charge on any atom is 0.313 e. The van der Waals surface area contributed by atoms with Crippen LogP contribution in [-0.4, -0.2) is 28.9 Å². The maximum absolute atomic E-state index is 10.9. The number of aryl methyl sites for hydroxylation is 1. The van der Waals surface area contributed by atoms with E-state index in [4.69, 9.17) is 9.84 Å². The predicted octanol–water partition coefficient (Wildman–Crippen LogP) is 3.68. The lowest BCUT2D eigenvalue weighted by Gasteiger charge is -2.14. The van der Waals surface area contributed by atoms with Crippen molar-refractivity contribution in [3.05, 3.63) is 29.5 Å². The summed E-state index contributed by atoms with van der Waals surface area (Å²) in [6.07, 6.45) is 1.90. The summed E-state index contributed by atoms with van der Waals surface area (Å²) in [5, 5.41) is 9.94. The van der Waals surface area contributed by atoms with Crippen LogP contribution in [0.2, 0.25) is 0 Å². The van der Waals surface area contributed by atoms with E-state index in [0.29, 0.717) is 0 Å². The van der Waals surface area contributed by atoms with Gasteiger partial charge in [-0.2, -0.15) is 0 Å². The molecule has 0 amide bonds. The van der Waals surface area contributed by atoms with Gasteiger partial charge in [-0.15, -0.1) is 11.8 Å².